The van der Waals surface area contributed by atoms with E-state index in [1.165, 1.54) is 0 Å². The summed E-state index contributed by atoms with van der Waals surface area (Å²) in [4.78, 5) is 25.2. The first-order valence-corrected chi connectivity index (χ1v) is 8.65. The molecule has 1 saturated heterocycles. The summed E-state index contributed by atoms with van der Waals surface area (Å²) in [5, 5.41) is 2.60. The molecule has 21 heavy (non-hydrogen) atoms. The van der Waals surface area contributed by atoms with Crippen LogP contribution in [0.1, 0.15) is 12.0 Å². The van der Waals surface area contributed by atoms with Crippen molar-refractivity contribution in [2.24, 2.45) is 0 Å². The lowest BCUT2D eigenvalue weighted by molar-refractivity contribution is -0.119. The minimum Gasteiger partial charge on any atom is -0.350 e. The predicted molar refractivity (Wildman–Crippen MR) is 79.8 cm³/mol. The highest BCUT2D eigenvalue weighted by Gasteiger charge is 2.31. The standard InChI is InChI=1S/C14H18N2O4S/c1-10-3-5-12(6-4-10)16-8-11(7-14(16)18)15-13(17)9-21(2,19)20/h3-6,11H,7-9H2,1-2H3,(H,15,17). The van der Waals surface area contributed by atoms with Crippen molar-refractivity contribution < 1.29 is 18.0 Å². The number of sulfone groups is 1. The van der Waals surface area contributed by atoms with E-state index in [9.17, 15) is 18.0 Å². The number of amides is 2. The van der Waals surface area contributed by atoms with E-state index in [4.69, 9.17) is 0 Å². The van der Waals surface area contributed by atoms with Crippen LogP contribution in [0, 0.1) is 6.92 Å². The van der Waals surface area contributed by atoms with Gasteiger partial charge in [-0.15, -0.1) is 0 Å². The van der Waals surface area contributed by atoms with E-state index in [0.717, 1.165) is 17.5 Å². The molecule has 1 aliphatic heterocycles. The molecule has 0 bridgehead atoms. The molecule has 1 heterocycles. The summed E-state index contributed by atoms with van der Waals surface area (Å²) in [6.45, 7) is 2.32. The van der Waals surface area contributed by atoms with Crippen molar-refractivity contribution >= 4 is 27.3 Å². The molecule has 2 rings (SSSR count). The van der Waals surface area contributed by atoms with Crippen molar-refractivity contribution in [3.05, 3.63) is 29.8 Å². The summed E-state index contributed by atoms with van der Waals surface area (Å²) in [5.41, 5.74) is 1.88. The van der Waals surface area contributed by atoms with E-state index < -0.39 is 21.5 Å². The van der Waals surface area contributed by atoms with Gasteiger partial charge in [0.2, 0.25) is 11.8 Å². The average molecular weight is 310 g/mol. The molecule has 1 N–H and O–H groups in total. The molecule has 6 nitrogen and oxygen atoms in total. The molecular formula is C14H18N2O4S. The second-order valence-electron chi connectivity index (χ2n) is 5.38. The van der Waals surface area contributed by atoms with E-state index in [1.54, 1.807) is 4.90 Å². The van der Waals surface area contributed by atoms with Gasteiger partial charge in [-0.05, 0) is 19.1 Å². The number of nitrogens with zero attached hydrogens (tertiary/aromatic N) is 1. The van der Waals surface area contributed by atoms with Gasteiger partial charge in [-0.2, -0.15) is 0 Å². The minimum atomic E-state index is -3.36. The smallest absolute Gasteiger partial charge is 0.235 e. The Bertz CT molecular complexity index is 652. The number of hydrogen-bond acceptors (Lipinski definition) is 4. The van der Waals surface area contributed by atoms with Gasteiger partial charge in [-0.25, -0.2) is 8.42 Å². The molecule has 114 valence electrons. The van der Waals surface area contributed by atoms with Gasteiger partial charge in [-0.3, -0.25) is 9.59 Å². The van der Waals surface area contributed by atoms with Crippen LogP contribution in [0.2, 0.25) is 0 Å². The van der Waals surface area contributed by atoms with Crippen LogP contribution in [0.15, 0.2) is 24.3 Å². The van der Waals surface area contributed by atoms with E-state index in [0.29, 0.717) is 6.54 Å². The maximum atomic E-state index is 12.0. The lowest BCUT2D eigenvalue weighted by Gasteiger charge is -2.17. The zero-order valence-corrected chi connectivity index (χ0v) is 12.8. The predicted octanol–water partition coefficient (Wildman–Crippen LogP) is 0.261. The Labute approximate surface area is 124 Å². The van der Waals surface area contributed by atoms with Crippen molar-refractivity contribution in [1.82, 2.24) is 5.32 Å². The number of benzene rings is 1. The Balaban J connectivity index is 1.99. The summed E-state index contributed by atoms with van der Waals surface area (Å²) in [5.74, 6) is -1.20. The third-order valence-corrected chi connectivity index (χ3v) is 4.02. The fraction of sp³-hybridized carbons (Fsp3) is 0.429. The van der Waals surface area contributed by atoms with Crippen LogP contribution >= 0.6 is 0 Å². The SMILES string of the molecule is Cc1ccc(N2CC(NC(=O)CS(C)(=O)=O)CC2=O)cc1. The van der Waals surface area contributed by atoms with Gasteiger partial charge in [-0.1, -0.05) is 17.7 Å². The number of nitrogens with one attached hydrogen (secondary N) is 1. The molecule has 1 fully saturated rings. The quantitative estimate of drug-likeness (QED) is 0.865. The Morgan fingerprint density at radius 3 is 2.52 bits per heavy atom. The van der Waals surface area contributed by atoms with Gasteiger partial charge < -0.3 is 10.2 Å². The van der Waals surface area contributed by atoms with Crippen LogP contribution in [-0.4, -0.2) is 44.8 Å². The third kappa shape index (κ3) is 4.29. The van der Waals surface area contributed by atoms with E-state index in [2.05, 4.69) is 5.32 Å². The molecule has 2 amide bonds. The van der Waals surface area contributed by atoms with Crippen LogP contribution < -0.4 is 10.2 Å². The van der Waals surface area contributed by atoms with Gasteiger partial charge in [0.1, 0.15) is 5.75 Å². The van der Waals surface area contributed by atoms with Gasteiger partial charge in [0.05, 0.1) is 6.04 Å². The number of carbonyl (C=O) groups is 2. The van der Waals surface area contributed by atoms with Crippen molar-refractivity contribution in [1.29, 1.82) is 0 Å². The highest BCUT2D eigenvalue weighted by Crippen LogP contribution is 2.21. The number of carbonyl (C=O) groups excluding carboxylic acids is 2. The maximum absolute atomic E-state index is 12.0. The highest BCUT2D eigenvalue weighted by atomic mass is 32.2. The lowest BCUT2D eigenvalue weighted by atomic mass is 10.2. The Morgan fingerprint density at radius 2 is 1.95 bits per heavy atom. The first-order valence-electron chi connectivity index (χ1n) is 6.59. The van der Waals surface area contributed by atoms with E-state index in [-0.39, 0.29) is 18.4 Å². The topological polar surface area (TPSA) is 83.6 Å². The van der Waals surface area contributed by atoms with Crippen LogP contribution in [-0.2, 0) is 19.4 Å². The number of rotatable bonds is 4. The average Bonchev–Trinajstić information content (AvgIpc) is 2.68. The molecule has 0 saturated carbocycles. The zero-order chi connectivity index (χ0) is 15.6. The zero-order valence-electron chi connectivity index (χ0n) is 12.0. The Kier molecular flexibility index (Phi) is 4.32. The summed E-state index contributed by atoms with van der Waals surface area (Å²) >= 11 is 0. The van der Waals surface area contributed by atoms with Crippen LogP contribution in [0.4, 0.5) is 5.69 Å². The van der Waals surface area contributed by atoms with E-state index in [1.807, 2.05) is 31.2 Å². The molecule has 0 spiro atoms. The normalized spacial score (nSPS) is 18.9. The molecule has 7 heteroatoms. The molecule has 0 aliphatic carbocycles. The Morgan fingerprint density at radius 1 is 1.33 bits per heavy atom. The molecular weight excluding hydrogens is 292 g/mol. The molecule has 1 aromatic carbocycles. The summed E-state index contributed by atoms with van der Waals surface area (Å²) < 4.78 is 22.1. The first-order chi connectivity index (χ1) is 9.74. The van der Waals surface area contributed by atoms with Crippen LogP contribution in [0.3, 0.4) is 0 Å². The monoisotopic (exact) mass is 310 g/mol. The van der Waals surface area contributed by atoms with Crippen LogP contribution in [0.5, 0.6) is 0 Å². The van der Waals surface area contributed by atoms with E-state index >= 15 is 0 Å². The fourth-order valence-electron chi connectivity index (χ4n) is 2.29. The highest BCUT2D eigenvalue weighted by molar-refractivity contribution is 7.91. The summed E-state index contributed by atoms with van der Waals surface area (Å²) in [7, 11) is -3.36. The molecule has 1 aliphatic rings. The number of hydrogen-bond donors (Lipinski definition) is 1. The van der Waals surface area contributed by atoms with Crippen molar-refractivity contribution in [3.8, 4) is 0 Å². The van der Waals surface area contributed by atoms with Gasteiger partial charge >= 0.3 is 0 Å². The van der Waals surface area contributed by atoms with Gasteiger partial charge in [0.15, 0.2) is 9.84 Å². The summed E-state index contributed by atoms with van der Waals surface area (Å²) in [6, 6.07) is 7.19. The molecule has 1 unspecified atom stereocenters. The second-order valence-corrected chi connectivity index (χ2v) is 7.52. The number of anilines is 1. The Hall–Kier alpha value is -1.89. The fourth-order valence-corrected chi connectivity index (χ4v) is 2.85. The molecule has 0 aromatic heterocycles. The molecule has 0 radical (unpaired) electrons. The van der Waals surface area contributed by atoms with Gasteiger partial charge in [0, 0.05) is 24.9 Å². The summed E-state index contributed by atoms with van der Waals surface area (Å²) in [6.07, 6.45) is 1.19. The lowest BCUT2D eigenvalue weighted by Crippen LogP contribution is -2.40. The largest absolute Gasteiger partial charge is 0.350 e. The minimum absolute atomic E-state index is 0.0801. The first kappa shape index (κ1) is 15.5. The molecule has 1 atom stereocenters. The molecule has 1 aromatic rings. The van der Waals surface area contributed by atoms with Crippen molar-refractivity contribution in [2.45, 2.75) is 19.4 Å². The maximum Gasteiger partial charge on any atom is 0.235 e. The van der Waals surface area contributed by atoms with Crippen LogP contribution in [0.25, 0.3) is 0 Å². The second kappa shape index (κ2) is 5.85. The number of aryl methyl sites for hydroxylation is 1. The van der Waals surface area contributed by atoms with Crippen molar-refractivity contribution in [3.63, 3.8) is 0 Å². The van der Waals surface area contributed by atoms with Crippen molar-refractivity contribution in [2.75, 3.05) is 23.5 Å². The third-order valence-electron chi connectivity index (χ3n) is 3.23. The van der Waals surface area contributed by atoms with Gasteiger partial charge in [0.25, 0.3) is 0 Å².